The molecule has 0 bridgehead atoms. The Hall–Kier alpha value is -4.33. The number of rotatable bonds is 6. The van der Waals surface area contributed by atoms with Crippen LogP contribution in [0.15, 0.2) is 71.8 Å². The molecule has 0 spiro atoms. The second kappa shape index (κ2) is 9.45. The number of nitro groups is 1. The van der Waals surface area contributed by atoms with Crippen LogP contribution in [0.2, 0.25) is 0 Å². The lowest BCUT2D eigenvalue weighted by molar-refractivity contribution is -0.384. The van der Waals surface area contributed by atoms with Gasteiger partial charge in [0, 0.05) is 23.3 Å². The van der Waals surface area contributed by atoms with E-state index in [-0.39, 0.29) is 17.0 Å². The van der Waals surface area contributed by atoms with Gasteiger partial charge in [-0.2, -0.15) is 5.10 Å². The van der Waals surface area contributed by atoms with Crippen molar-refractivity contribution in [2.45, 2.75) is 13.8 Å². The normalized spacial score (nSPS) is 10.6. The number of nitrogens with zero attached hydrogens (tertiary/aromatic N) is 2. The minimum Gasteiger partial charge on any atom is -0.422 e. The van der Waals surface area contributed by atoms with Crippen LogP contribution in [-0.2, 0) is 0 Å². The Morgan fingerprint density at radius 2 is 1.52 bits per heavy atom. The molecule has 8 nitrogen and oxygen atoms in total. The van der Waals surface area contributed by atoms with E-state index in [0.717, 1.165) is 11.1 Å². The van der Waals surface area contributed by atoms with Crippen molar-refractivity contribution in [1.29, 1.82) is 0 Å². The quantitative estimate of drug-likeness (QED) is 0.212. The molecule has 0 atom stereocenters. The fourth-order valence-corrected chi connectivity index (χ4v) is 2.62. The van der Waals surface area contributed by atoms with E-state index in [4.69, 9.17) is 4.74 Å². The highest BCUT2D eigenvalue weighted by atomic mass is 16.6. The van der Waals surface area contributed by atoms with Gasteiger partial charge in [-0.3, -0.25) is 14.9 Å². The summed E-state index contributed by atoms with van der Waals surface area (Å²) < 4.78 is 5.40. The maximum atomic E-state index is 12.4. The number of non-ortho nitro benzene ring substituents is 1. The van der Waals surface area contributed by atoms with Crippen molar-refractivity contribution in [3.8, 4) is 5.75 Å². The molecule has 0 unspecified atom stereocenters. The van der Waals surface area contributed by atoms with Crippen LogP contribution in [0.4, 0.5) is 5.69 Å². The standard InChI is InChI=1S/C23H19N3O5/c1-15-3-7-17(8-4-15)22(27)25-24-14-19-13-20(26(29)30)11-12-21(19)31-23(28)18-9-5-16(2)6-10-18/h3-14H,1-2H3,(H,25,27)/b24-14+. The fraction of sp³-hybridized carbons (Fsp3) is 0.0870. The maximum Gasteiger partial charge on any atom is 0.343 e. The van der Waals surface area contributed by atoms with Gasteiger partial charge in [-0.25, -0.2) is 10.2 Å². The molecule has 0 saturated carbocycles. The van der Waals surface area contributed by atoms with E-state index in [0.29, 0.717) is 11.1 Å². The maximum absolute atomic E-state index is 12.4. The smallest absolute Gasteiger partial charge is 0.343 e. The molecule has 3 rings (SSSR count). The summed E-state index contributed by atoms with van der Waals surface area (Å²) >= 11 is 0. The van der Waals surface area contributed by atoms with E-state index in [9.17, 15) is 19.7 Å². The SMILES string of the molecule is Cc1ccc(C(=O)N/N=C/c2cc([N+](=O)[O-])ccc2OC(=O)c2ccc(C)cc2)cc1. The van der Waals surface area contributed by atoms with Crippen molar-refractivity contribution in [3.05, 3.63) is 105 Å². The molecule has 1 N–H and O–H groups in total. The minimum absolute atomic E-state index is 0.0736. The van der Waals surface area contributed by atoms with Gasteiger partial charge < -0.3 is 4.74 Å². The first-order valence-electron chi connectivity index (χ1n) is 9.31. The zero-order valence-electron chi connectivity index (χ0n) is 16.9. The lowest BCUT2D eigenvalue weighted by Gasteiger charge is -2.08. The number of carbonyl (C=O) groups is 2. The molecule has 156 valence electrons. The van der Waals surface area contributed by atoms with Crippen LogP contribution in [0, 0.1) is 24.0 Å². The van der Waals surface area contributed by atoms with E-state index >= 15 is 0 Å². The number of amides is 1. The van der Waals surface area contributed by atoms with Crippen LogP contribution >= 0.6 is 0 Å². The summed E-state index contributed by atoms with van der Waals surface area (Å²) in [5.41, 5.74) is 5.06. The number of hydrogen-bond acceptors (Lipinski definition) is 6. The molecule has 0 radical (unpaired) electrons. The monoisotopic (exact) mass is 417 g/mol. The third-order valence-electron chi connectivity index (χ3n) is 4.38. The molecule has 0 aliphatic carbocycles. The van der Waals surface area contributed by atoms with Gasteiger partial charge in [0.25, 0.3) is 11.6 Å². The molecule has 0 saturated heterocycles. The molecule has 1 amide bonds. The molecule has 0 fully saturated rings. The largest absolute Gasteiger partial charge is 0.422 e. The Bertz CT molecular complexity index is 1150. The van der Waals surface area contributed by atoms with Crippen molar-refractivity contribution in [2.24, 2.45) is 5.10 Å². The van der Waals surface area contributed by atoms with E-state index in [1.807, 2.05) is 13.8 Å². The van der Waals surface area contributed by atoms with Gasteiger partial charge in [-0.1, -0.05) is 35.4 Å². The Morgan fingerprint density at radius 1 is 0.935 bits per heavy atom. The van der Waals surface area contributed by atoms with Crippen molar-refractivity contribution in [2.75, 3.05) is 0 Å². The van der Waals surface area contributed by atoms with Gasteiger partial charge in [0.1, 0.15) is 5.75 Å². The van der Waals surface area contributed by atoms with E-state index in [2.05, 4.69) is 10.5 Å². The molecule has 3 aromatic carbocycles. The third kappa shape index (κ3) is 5.60. The molecule has 0 heterocycles. The predicted molar refractivity (Wildman–Crippen MR) is 115 cm³/mol. The van der Waals surface area contributed by atoms with Gasteiger partial charge >= 0.3 is 5.97 Å². The molecule has 8 heteroatoms. The number of aryl methyl sites for hydroxylation is 2. The molecular formula is C23H19N3O5. The Morgan fingerprint density at radius 3 is 2.10 bits per heavy atom. The fourth-order valence-electron chi connectivity index (χ4n) is 2.62. The van der Waals surface area contributed by atoms with Crippen molar-refractivity contribution in [3.63, 3.8) is 0 Å². The number of esters is 1. The minimum atomic E-state index is -0.618. The number of hydrazone groups is 1. The third-order valence-corrected chi connectivity index (χ3v) is 4.38. The summed E-state index contributed by atoms with van der Waals surface area (Å²) in [6.07, 6.45) is 1.19. The highest BCUT2D eigenvalue weighted by molar-refractivity contribution is 5.96. The molecule has 31 heavy (non-hydrogen) atoms. The first-order valence-corrected chi connectivity index (χ1v) is 9.31. The van der Waals surface area contributed by atoms with Crippen LogP contribution in [0.5, 0.6) is 5.75 Å². The number of hydrogen-bond donors (Lipinski definition) is 1. The zero-order valence-corrected chi connectivity index (χ0v) is 16.9. The van der Waals surface area contributed by atoms with Gasteiger partial charge in [-0.05, 0) is 44.2 Å². The molecule has 0 aromatic heterocycles. The Kier molecular flexibility index (Phi) is 6.51. The average molecular weight is 417 g/mol. The molecule has 3 aromatic rings. The first-order chi connectivity index (χ1) is 14.8. The van der Waals surface area contributed by atoms with Crippen molar-refractivity contribution in [1.82, 2.24) is 5.43 Å². The lowest BCUT2D eigenvalue weighted by atomic mass is 10.1. The van der Waals surface area contributed by atoms with Gasteiger partial charge in [0.15, 0.2) is 0 Å². The first kappa shape index (κ1) is 21.4. The Labute approximate surface area is 178 Å². The molecular weight excluding hydrogens is 398 g/mol. The van der Waals surface area contributed by atoms with E-state index in [1.54, 1.807) is 48.5 Å². The number of ether oxygens (including phenoxy) is 1. The zero-order chi connectivity index (χ0) is 22.4. The summed E-state index contributed by atoms with van der Waals surface area (Å²) in [7, 11) is 0. The average Bonchev–Trinajstić information content (AvgIpc) is 2.75. The number of nitro benzene ring substituents is 1. The van der Waals surface area contributed by atoms with Gasteiger partial charge in [0.2, 0.25) is 0 Å². The summed E-state index contributed by atoms with van der Waals surface area (Å²) in [5, 5.41) is 15.0. The summed E-state index contributed by atoms with van der Waals surface area (Å²) in [4.78, 5) is 35.1. The van der Waals surface area contributed by atoms with Crippen LogP contribution in [0.25, 0.3) is 0 Å². The number of benzene rings is 3. The van der Waals surface area contributed by atoms with Crippen LogP contribution in [0.3, 0.4) is 0 Å². The van der Waals surface area contributed by atoms with E-state index < -0.39 is 16.8 Å². The number of carbonyl (C=O) groups excluding carboxylic acids is 2. The Balaban J connectivity index is 1.80. The lowest BCUT2D eigenvalue weighted by Crippen LogP contribution is -2.17. The van der Waals surface area contributed by atoms with Crippen LogP contribution < -0.4 is 10.2 Å². The molecule has 0 aliphatic heterocycles. The number of nitrogens with one attached hydrogen (secondary N) is 1. The van der Waals surface area contributed by atoms with Crippen LogP contribution in [-0.4, -0.2) is 23.0 Å². The highest BCUT2D eigenvalue weighted by Gasteiger charge is 2.15. The second-order valence-electron chi connectivity index (χ2n) is 6.80. The predicted octanol–water partition coefficient (Wildman–Crippen LogP) is 4.19. The van der Waals surface area contributed by atoms with Crippen molar-refractivity contribution < 1.29 is 19.2 Å². The van der Waals surface area contributed by atoms with Crippen molar-refractivity contribution >= 4 is 23.8 Å². The van der Waals surface area contributed by atoms with E-state index in [1.165, 1.54) is 24.4 Å². The second-order valence-corrected chi connectivity index (χ2v) is 6.80. The topological polar surface area (TPSA) is 111 Å². The summed E-state index contributed by atoms with van der Waals surface area (Å²) in [6, 6.07) is 17.4. The molecule has 0 aliphatic rings. The highest BCUT2D eigenvalue weighted by Crippen LogP contribution is 2.24. The van der Waals surface area contributed by atoms with Gasteiger partial charge in [0.05, 0.1) is 16.7 Å². The summed E-state index contributed by atoms with van der Waals surface area (Å²) in [5.74, 6) is -0.989. The summed E-state index contributed by atoms with van der Waals surface area (Å²) in [6.45, 7) is 3.80. The van der Waals surface area contributed by atoms with Gasteiger partial charge in [-0.15, -0.1) is 0 Å². The van der Waals surface area contributed by atoms with Crippen LogP contribution in [0.1, 0.15) is 37.4 Å².